The Kier molecular flexibility index (Phi) is 5.65. The van der Waals surface area contributed by atoms with Crippen LogP contribution in [0.25, 0.3) is 0 Å². The molecule has 0 aromatic heterocycles. The van der Waals surface area contributed by atoms with Gasteiger partial charge in [0, 0.05) is 10.5 Å². The molecule has 0 bridgehead atoms. The van der Waals surface area contributed by atoms with Crippen LogP contribution in [0.2, 0.25) is 0 Å². The Hall–Kier alpha value is 0.660. The Morgan fingerprint density at radius 3 is 2.18 bits per heavy atom. The highest BCUT2D eigenvalue weighted by Crippen LogP contribution is 2.43. The van der Waals surface area contributed by atoms with Crippen LogP contribution in [-0.4, -0.2) is 21.7 Å². The minimum Gasteiger partial charge on any atom is -0.392 e. The summed E-state index contributed by atoms with van der Waals surface area (Å²) in [5, 5.41) is 9.40. The largest absolute Gasteiger partial charge is 0.392 e. The second-order valence-electron chi connectivity index (χ2n) is 2.81. The molecule has 1 aliphatic rings. The zero-order chi connectivity index (χ0) is 8.91. The number of rotatable bonds is 0. The second-order valence-corrected chi connectivity index (χ2v) is 5.88. The normalized spacial score (nSPS) is 28.6. The fourth-order valence-electron chi connectivity index (χ4n) is 0.756. The van der Waals surface area contributed by atoms with Gasteiger partial charge in [0.25, 0.3) is 0 Å². The molecule has 0 aromatic carbocycles. The lowest BCUT2D eigenvalue weighted by atomic mass is 10.0. The van der Waals surface area contributed by atoms with E-state index in [1.54, 1.807) is 10.8 Å². The Balaban J connectivity index is 0.000000461. The van der Waals surface area contributed by atoms with Crippen molar-refractivity contribution in [3.05, 3.63) is 0 Å². The third kappa shape index (κ3) is 3.72. The minimum absolute atomic E-state index is 0.0723. The average Bonchev–Trinajstić information content (AvgIpc) is 2.00. The van der Waals surface area contributed by atoms with Crippen LogP contribution in [0.4, 0.5) is 0 Å². The monoisotopic (exact) mass is 194 g/mol. The van der Waals surface area contributed by atoms with Gasteiger partial charge in [-0.25, -0.2) is 0 Å². The van der Waals surface area contributed by atoms with E-state index in [1.807, 2.05) is 24.6 Å². The summed E-state index contributed by atoms with van der Waals surface area (Å²) in [6.07, 6.45) is 0.841. The van der Waals surface area contributed by atoms with Gasteiger partial charge < -0.3 is 5.11 Å². The van der Waals surface area contributed by atoms with Gasteiger partial charge in [-0.3, -0.25) is 0 Å². The van der Waals surface area contributed by atoms with Crippen LogP contribution in [-0.2, 0) is 0 Å². The topological polar surface area (TPSA) is 20.2 Å². The van der Waals surface area contributed by atoms with E-state index < -0.39 is 0 Å². The van der Waals surface area contributed by atoms with Gasteiger partial charge in [-0.15, -0.1) is 0 Å². The third-order valence-electron chi connectivity index (χ3n) is 1.55. The maximum absolute atomic E-state index is 9.40. The molecule has 3 heteroatoms. The van der Waals surface area contributed by atoms with Crippen LogP contribution >= 0.6 is 21.6 Å². The third-order valence-corrected chi connectivity index (χ3v) is 4.91. The van der Waals surface area contributed by atoms with Crippen molar-refractivity contribution in [1.29, 1.82) is 0 Å². The fourth-order valence-corrected chi connectivity index (χ4v) is 3.48. The molecular formula is C8H18OS2. The van der Waals surface area contributed by atoms with Crippen LogP contribution in [0, 0.1) is 0 Å². The maximum atomic E-state index is 9.40. The molecule has 11 heavy (non-hydrogen) atoms. The molecule has 0 spiro atoms. The molecule has 1 fully saturated rings. The standard InChI is InChI=1S/C6H12OS2.C2H6/c1-6(2)5(7)3-4-8-9-6;1-2/h5,7H,3-4H2,1-2H3;1-2H3. The lowest BCUT2D eigenvalue weighted by Crippen LogP contribution is -2.34. The molecule has 68 valence electrons. The molecule has 1 rings (SSSR count). The van der Waals surface area contributed by atoms with Crippen molar-refractivity contribution in [3.8, 4) is 0 Å². The molecule has 0 aromatic rings. The predicted octanol–water partition coefficient (Wildman–Crippen LogP) is 2.94. The summed E-state index contributed by atoms with van der Waals surface area (Å²) in [6, 6.07) is 0. The smallest absolute Gasteiger partial charge is 0.0698 e. The molecule has 1 heterocycles. The van der Waals surface area contributed by atoms with Crippen LogP contribution in [0.15, 0.2) is 0 Å². The van der Waals surface area contributed by atoms with Crippen LogP contribution in [0.1, 0.15) is 34.1 Å². The van der Waals surface area contributed by atoms with E-state index in [9.17, 15) is 5.11 Å². The molecule has 0 saturated carbocycles. The van der Waals surface area contributed by atoms with Gasteiger partial charge in [-0.1, -0.05) is 35.4 Å². The minimum atomic E-state index is -0.108. The summed E-state index contributed by atoms with van der Waals surface area (Å²) < 4.78 is 0.0723. The highest BCUT2D eigenvalue weighted by Gasteiger charge is 2.31. The van der Waals surface area contributed by atoms with E-state index >= 15 is 0 Å². The lowest BCUT2D eigenvalue weighted by Gasteiger charge is -2.33. The van der Waals surface area contributed by atoms with Crippen molar-refractivity contribution in [2.24, 2.45) is 0 Å². The van der Waals surface area contributed by atoms with Crippen molar-refractivity contribution in [3.63, 3.8) is 0 Å². The molecule has 0 radical (unpaired) electrons. The van der Waals surface area contributed by atoms with E-state index in [0.29, 0.717) is 0 Å². The van der Waals surface area contributed by atoms with Crippen LogP contribution in [0.3, 0.4) is 0 Å². The summed E-state index contributed by atoms with van der Waals surface area (Å²) in [5.74, 6) is 1.09. The molecule has 0 amide bonds. The molecule has 1 saturated heterocycles. The zero-order valence-electron chi connectivity index (χ0n) is 7.76. The molecule has 1 unspecified atom stereocenters. The second kappa shape index (κ2) is 5.33. The first-order valence-corrected chi connectivity index (χ1v) is 6.43. The van der Waals surface area contributed by atoms with Crippen LogP contribution in [0.5, 0.6) is 0 Å². The van der Waals surface area contributed by atoms with Gasteiger partial charge in [-0.2, -0.15) is 0 Å². The van der Waals surface area contributed by atoms with Gasteiger partial charge in [-0.05, 0) is 20.3 Å². The first kappa shape index (κ1) is 11.7. The Morgan fingerprint density at radius 1 is 1.36 bits per heavy atom. The van der Waals surface area contributed by atoms with Crippen molar-refractivity contribution in [2.75, 3.05) is 5.75 Å². The Bertz CT molecular complexity index is 104. The Labute approximate surface area is 77.7 Å². The fraction of sp³-hybridized carbons (Fsp3) is 1.00. The number of hydrogen-bond donors (Lipinski definition) is 1. The van der Waals surface area contributed by atoms with Gasteiger partial charge in [0.1, 0.15) is 0 Å². The Morgan fingerprint density at radius 2 is 1.91 bits per heavy atom. The van der Waals surface area contributed by atoms with Gasteiger partial charge >= 0.3 is 0 Å². The number of hydrogen-bond acceptors (Lipinski definition) is 3. The SMILES string of the molecule is CC.CC1(C)SSCCC1O. The molecule has 1 nitrogen and oxygen atoms in total. The number of aliphatic hydroxyl groups excluding tert-OH is 1. The summed E-state index contributed by atoms with van der Waals surface area (Å²) in [5.41, 5.74) is 0. The molecule has 1 atom stereocenters. The highest BCUT2D eigenvalue weighted by molar-refractivity contribution is 8.77. The average molecular weight is 194 g/mol. The number of aliphatic hydroxyl groups is 1. The molecule has 1 N–H and O–H groups in total. The van der Waals surface area contributed by atoms with Crippen molar-refractivity contribution in [1.82, 2.24) is 0 Å². The van der Waals surface area contributed by atoms with E-state index in [-0.39, 0.29) is 10.9 Å². The van der Waals surface area contributed by atoms with Gasteiger partial charge in [0.05, 0.1) is 6.10 Å². The summed E-state index contributed by atoms with van der Waals surface area (Å²) in [4.78, 5) is 0. The van der Waals surface area contributed by atoms with Gasteiger partial charge in [0.2, 0.25) is 0 Å². The predicted molar refractivity (Wildman–Crippen MR) is 56.1 cm³/mol. The first-order chi connectivity index (χ1) is 5.13. The van der Waals surface area contributed by atoms with Crippen molar-refractivity contribution < 1.29 is 5.11 Å². The summed E-state index contributed by atoms with van der Waals surface area (Å²) in [6.45, 7) is 8.18. The maximum Gasteiger partial charge on any atom is 0.0698 e. The molecule has 1 aliphatic heterocycles. The quantitative estimate of drug-likeness (QED) is 0.599. The van der Waals surface area contributed by atoms with E-state index in [1.165, 1.54) is 0 Å². The lowest BCUT2D eigenvalue weighted by molar-refractivity contribution is 0.139. The summed E-state index contributed by atoms with van der Waals surface area (Å²) >= 11 is 0. The van der Waals surface area contributed by atoms with Crippen LogP contribution < -0.4 is 0 Å². The highest BCUT2D eigenvalue weighted by atomic mass is 33.1. The van der Waals surface area contributed by atoms with Gasteiger partial charge in [0.15, 0.2) is 0 Å². The van der Waals surface area contributed by atoms with E-state index in [2.05, 4.69) is 13.8 Å². The van der Waals surface area contributed by atoms with E-state index in [0.717, 1.165) is 12.2 Å². The first-order valence-electron chi connectivity index (χ1n) is 4.11. The van der Waals surface area contributed by atoms with Crippen molar-refractivity contribution in [2.45, 2.75) is 45.0 Å². The zero-order valence-corrected chi connectivity index (χ0v) is 9.39. The van der Waals surface area contributed by atoms with Crippen molar-refractivity contribution >= 4 is 21.6 Å². The molecule has 0 aliphatic carbocycles. The van der Waals surface area contributed by atoms with E-state index in [4.69, 9.17) is 0 Å². The molecular weight excluding hydrogens is 176 g/mol. The summed E-state index contributed by atoms with van der Waals surface area (Å²) in [7, 11) is 3.66.